The fourth-order valence-corrected chi connectivity index (χ4v) is 5.31. The van der Waals surface area contributed by atoms with Gasteiger partial charge in [0.15, 0.2) is 0 Å². The van der Waals surface area contributed by atoms with Gasteiger partial charge in [0, 0.05) is 19.1 Å². The summed E-state index contributed by atoms with van der Waals surface area (Å²) in [6, 6.07) is 14.4. The number of piperidine rings is 1. The highest BCUT2D eigenvalue weighted by Crippen LogP contribution is 2.26. The molecule has 0 spiro atoms. The van der Waals surface area contributed by atoms with Crippen molar-refractivity contribution in [3.05, 3.63) is 64.7 Å². The molecule has 1 fully saturated rings. The molecule has 0 aromatic heterocycles. The van der Waals surface area contributed by atoms with Gasteiger partial charge in [-0.25, -0.2) is 8.42 Å². The number of hydrogen-bond donors (Lipinski definition) is 1. The molecule has 5 nitrogen and oxygen atoms in total. The van der Waals surface area contributed by atoms with Gasteiger partial charge in [0.1, 0.15) is 0 Å². The van der Waals surface area contributed by atoms with Crippen LogP contribution in [0.3, 0.4) is 0 Å². The molecule has 1 heterocycles. The number of sulfonamides is 1. The van der Waals surface area contributed by atoms with Crippen LogP contribution in [0.5, 0.6) is 0 Å². The maximum absolute atomic E-state index is 13.0. The predicted molar refractivity (Wildman–Crippen MR) is 120 cm³/mol. The molecule has 30 heavy (non-hydrogen) atoms. The lowest BCUT2D eigenvalue weighted by Crippen LogP contribution is -2.38. The number of nitrogens with one attached hydrogen (secondary N) is 1. The molecule has 0 unspecified atom stereocenters. The summed E-state index contributed by atoms with van der Waals surface area (Å²) in [4.78, 5) is 12.9. The molecule has 1 N–H and O–H groups in total. The molecule has 0 aliphatic carbocycles. The van der Waals surface area contributed by atoms with Crippen LogP contribution >= 0.6 is 11.6 Å². The molecule has 2 aromatic carbocycles. The number of nitrogens with zero attached hydrogens (tertiary/aromatic N) is 1. The first-order valence-electron chi connectivity index (χ1n) is 10.4. The second-order valence-corrected chi connectivity index (χ2v) is 10.5. The third kappa shape index (κ3) is 5.62. The van der Waals surface area contributed by atoms with E-state index in [0.29, 0.717) is 19.0 Å². The first-order valence-corrected chi connectivity index (χ1v) is 12.2. The molecular weight excluding hydrogens is 420 g/mol. The van der Waals surface area contributed by atoms with Gasteiger partial charge in [-0.15, -0.1) is 0 Å². The van der Waals surface area contributed by atoms with Gasteiger partial charge < -0.3 is 5.32 Å². The van der Waals surface area contributed by atoms with Gasteiger partial charge in [-0.3, -0.25) is 4.79 Å². The first kappa shape index (κ1) is 22.8. The number of halogens is 1. The SMILES string of the molecule is CC1CCN(S(=O)(=O)c2ccc(Cl)c(C(=O)N[C@@H](C)CCc3ccccc3)c2)CC1. The molecule has 2 aromatic rings. The first-order chi connectivity index (χ1) is 14.3. The molecule has 7 heteroatoms. The molecule has 3 rings (SSSR count). The fraction of sp³-hybridized carbons (Fsp3) is 0.435. The zero-order valence-electron chi connectivity index (χ0n) is 17.5. The van der Waals surface area contributed by atoms with Crippen molar-refractivity contribution < 1.29 is 13.2 Å². The van der Waals surface area contributed by atoms with Crippen LogP contribution in [0.15, 0.2) is 53.4 Å². The average molecular weight is 449 g/mol. The van der Waals surface area contributed by atoms with Gasteiger partial charge in [-0.2, -0.15) is 4.31 Å². The van der Waals surface area contributed by atoms with Gasteiger partial charge in [-0.1, -0.05) is 48.9 Å². The summed E-state index contributed by atoms with van der Waals surface area (Å²) in [7, 11) is -3.64. The molecule has 1 saturated heterocycles. The summed E-state index contributed by atoms with van der Waals surface area (Å²) in [6.07, 6.45) is 3.31. The minimum Gasteiger partial charge on any atom is -0.350 e. The van der Waals surface area contributed by atoms with E-state index in [1.165, 1.54) is 28.1 Å². The van der Waals surface area contributed by atoms with Crippen molar-refractivity contribution in [3.8, 4) is 0 Å². The maximum Gasteiger partial charge on any atom is 0.253 e. The standard InChI is InChI=1S/C23H29ClN2O3S/c1-17-12-14-26(15-13-17)30(28,29)20-10-11-22(24)21(16-20)23(27)25-18(2)8-9-19-6-4-3-5-7-19/h3-7,10-11,16-18H,8-9,12-15H2,1-2H3,(H,25,27)/t18-/m0/s1. The number of carbonyl (C=O) groups is 1. The second-order valence-electron chi connectivity index (χ2n) is 8.13. The number of amides is 1. The largest absolute Gasteiger partial charge is 0.350 e. The van der Waals surface area contributed by atoms with E-state index >= 15 is 0 Å². The Labute approximate surface area is 184 Å². The highest BCUT2D eigenvalue weighted by molar-refractivity contribution is 7.89. The maximum atomic E-state index is 13.0. The number of hydrogen-bond acceptors (Lipinski definition) is 3. The van der Waals surface area contributed by atoms with E-state index < -0.39 is 10.0 Å². The van der Waals surface area contributed by atoms with Crippen molar-refractivity contribution >= 4 is 27.5 Å². The van der Waals surface area contributed by atoms with Crippen LogP contribution in [0.1, 0.15) is 49.0 Å². The Morgan fingerprint density at radius 3 is 2.50 bits per heavy atom. The summed E-state index contributed by atoms with van der Waals surface area (Å²) >= 11 is 6.23. The molecule has 1 aliphatic rings. The summed E-state index contributed by atoms with van der Waals surface area (Å²) in [5.41, 5.74) is 1.40. The van der Waals surface area contributed by atoms with Gasteiger partial charge >= 0.3 is 0 Å². The molecule has 1 aliphatic heterocycles. The highest BCUT2D eigenvalue weighted by atomic mass is 35.5. The van der Waals surface area contributed by atoms with Gasteiger partial charge in [-0.05, 0) is 62.3 Å². The topological polar surface area (TPSA) is 66.5 Å². The predicted octanol–water partition coefficient (Wildman–Crippen LogP) is 4.51. The molecule has 162 valence electrons. The van der Waals surface area contributed by atoms with Crippen LogP contribution in [0, 0.1) is 5.92 Å². The quantitative estimate of drug-likeness (QED) is 0.677. The van der Waals surface area contributed by atoms with Crippen LogP contribution in [0.2, 0.25) is 5.02 Å². The zero-order chi connectivity index (χ0) is 21.7. The van der Waals surface area contributed by atoms with Gasteiger partial charge in [0.05, 0.1) is 15.5 Å². The van der Waals surface area contributed by atoms with Crippen LogP contribution < -0.4 is 5.32 Å². The molecular formula is C23H29ClN2O3S. The normalized spacial score (nSPS) is 16.9. The lowest BCUT2D eigenvalue weighted by Gasteiger charge is -2.29. The highest BCUT2D eigenvalue weighted by Gasteiger charge is 2.29. The molecule has 0 bridgehead atoms. The van der Waals surface area contributed by atoms with Crippen LogP contribution in [0.25, 0.3) is 0 Å². The van der Waals surface area contributed by atoms with Crippen molar-refractivity contribution in [3.63, 3.8) is 0 Å². The van der Waals surface area contributed by atoms with E-state index in [4.69, 9.17) is 11.6 Å². The number of carbonyl (C=O) groups excluding carboxylic acids is 1. The van der Waals surface area contributed by atoms with Crippen LogP contribution in [0.4, 0.5) is 0 Å². The summed E-state index contributed by atoms with van der Waals surface area (Å²) in [6.45, 7) is 5.08. The zero-order valence-corrected chi connectivity index (χ0v) is 19.0. The van der Waals surface area contributed by atoms with Crippen molar-refractivity contribution in [1.82, 2.24) is 9.62 Å². The second kappa shape index (κ2) is 9.94. The van der Waals surface area contributed by atoms with E-state index in [0.717, 1.165) is 25.7 Å². The summed E-state index contributed by atoms with van der Waals surface area (Å²) in [5, 5.41) is 3.18. The Bertz CT molecular complexity index is 971. The third-order valence-electron chi connectivity index (χ3n) is 5.65. The van der Waals surface area contributed by atoms with E-state index in [2.05, 4.69) is 24.4 Å². The number of benzene rings is 2. The fourth-order valence-electron chi connectivity index (χ4n) is 3.61. The Morgan fingerprint density at radius 2 is 1.83 bits per heavy atom. The molecule has 0 saturated carbocycles. The summed E-state index contributed by atoms with van der Waals surface area (Å²) < 4.78 is 27.5. The van der Waals surface area contributed by atoms with Crippen LogP contribution in [-0.2, 0) is 16.4 Å². The van der Waals surface area contributed by atoms with Gasteiger partial charge in [0.2, 0.25) is 10.0 Å². The number of rotatable bonds is 7. The number of aryl methyl sites for hydroxylation is 1. The monoisotopic (exact) mass is 448 g/mol. The third-order valence-corrected chi connectivity index (χ3v) is 7.87. The Balaban J connectivity index is 1.68. The minimum absolute atomic E-state index is 0.0716. The van der Waals surface area contributed by atoms with Crippen LogP contribution in [-0.4, -0.2) is 37.8 Å². The lowest BCUT2D eigenvalue weighted by molar-refractivity contribution is 0.0938. The van der Waals surface area contributed by atoms with Crippen molar-refractivity contribution in [2.24, 2.45) is 5.92 Å². The average Bonchev–Trinajstić information content (AvgIpc) is 2.73. The minimum atomic E-state index is -3.64. The molecule has 0 radical (unpaired) electrons. The lowest BCUT2D eigenvalue weighted by atomic mass is 10.0. The van der Waals surface area contributed by atoms with Crippen molar-refractivity contribution in [1.29, 1.82) is 0 Å². The van der Waals surface area contributed by atoms with Crippen molar-refractivity contribution in [2.75, 3.05) is 13.1 Å². The van der Waals surface area contributed by atoms with Crippen molar-refractivity contribution in [2.45, 2.75) is 50.5 Å². The molecule has 1 atom stereocenters. The van der Waals surface area contributed by atoms with E-state index in [9.17, 15) is 13.2 Å². The molecule has 1 amide bonds. The Morgan fingerprint density at radius 1 is 1.17 bits per heavy atom. The Hall–Kier alpha value is -1.89. The summed E-state index contributed by atoms with van der Waals surface area (Å²) in [5.74, 6) is 0.172. The van der Waals surface area contributed by atoms with Gasteiger partial charge in [0.25, 0.3) is 5.91 Å². The van der Waals surface area contributed by atoms with E-state index in [-0.39, 0.29) is 27.4 Å². The Kier molecular flexibility index (Phi) is 7.55. The smallest absolute Gasteiger partial charge is 0.253 e. The van der Waals surface area contributed by atoms with E-state index in [1.807, 2.05) is 25.1 Å². The van der Waals surface area contributed by atoms with E-state index in [1.54, 1.807) is 0 Å².